The van der Waals surface area contributed by atoms with Crippen LogP contribution >= 0.6 is 0 Å². The molecule has 0 aromatic carbocycles. The van der Waals surface area contributed by atoms with Crippen molar-refractivity contribution in [2.24, 2.45) is 11.5 Å². The molecule has 8 N–H and O–H groups in total. The van der Waals surface area contributed by atoms with E-state index in [0.29, 0.717) is 64.6 Å². The van der Waals surface area contributed by atoms with Crippen molar-refractivity contribution in [3.8, 4) is 0 Å². The van der Waals surface area contributed by atoms with E-state index in [-0.39, 0.29) is 12.8 Å². The van der Waals surface area contributed by atoms with Gasteiger partial charge in [-0.1, -0.05) is 0 Å². The number of alkyl carbamates (subject to hydrolysis) is 2. The highest BCUT2D eigenvalue weighted by molar-refractivity contribution is 5.93. The van der Waals surface area contributed by atoms with Crippen LogP contribution in [0.15, 0.2) is 0 Å². The molecule has 0 rings (SSSR count). The maximum atomic E-state index is 13.4. The van der Waals surface area contributed by atoms with Crippen LogP contribution in [-0.4, -0.2) is 86.0 Å². The van der Waals surface area contributed by atoms with E-state index in [2.05, 4.69) is 21.3 Å². The van der Waals surface area contributed by atoms with E-state index in [1.807, 2.05) is 0 Å². The number of nitrogens with two attached hydrogens (primary N) is 2. The van der Waals surface area contributed by atoms with Gasteiger partial charge in [0.05, 0.1) is 7.11 Å². The van der Waals surface area contributed by atoms with Crippen molar-refractivity contribution in [1.29, 1.82) is 0 Å². The third kappa shape index (κ3) is 20.4. The Morgan fingerprint density at radius 1 is 0.605 bits per heavy atom. The van der Waals surface area contributed by atoms with Crippen LogP contribution in [-0.2, 0) is 28.6 Å². The molecule has 0 aromatic rings. The molecule has 0 unspecified atom stereocenters. The molecule has 0 saturated heterocycles. The number of unbranched alkanes of at least 4 members (excludes halogenated alkanes) is 3. The van der Waals surface area contributed by atoms with Gasteiger partial charge in [0.1, 0.15) is 29.3 Å². The summed E-state index contributed by atoms with van der Waals surface area (Å²) < 4.78 is 15.4. The molecule has 43 heavy (non-hydrogen) atoms. The Bertz CT molecular complexity index is 872. The van der Waals surface area contributed by atoms with E-state index in [9.17, 15) is 24.0 Å². The Labute approximate surface area is 256 Å². The van der Waals surface area contributed by atoms with Crippen LogP contribution in [0.25, 0.3) is 0 Å². The lowest BCUT2D eigenvalue weighted by atomic mass is 10.0. The molecule has 0 saturated carbocycles. The highest BCUT2D eigenvalue weighted by Crippen LogP contribution is 2.11. The summed E-state index contributed by atoms with van der Waals surface area (Å²) >= 11 is 0. The number of ether oxygens (including phenoxy) is 3. The maximum absolute atomic E-state index is 13.4. The molecule has 0 aliphatic heterocycles. The lowest BCUT2D eigenvalue weighted by Gasteiger charge is -2.26. The molecular weight excluding hydrogens is 560 g/mol. The molecule has 3 atom stereocenters. The monoisotopic (exact) mass is 616 g/mol. The first kappa shape index (κ1) is 39.9. The summed E-state index contributed by atoms with van der Waals surface area (Å²) in [6, 6.07) is -2.93. The number of carbonyl (C=O) groups excluding carboxylic acids is 5. The Hall–Kier alpha value is -3.13. The topological polar surface area (TPSA) is 213 Å². The van der Waals surface area contributed by atoms with Crippen LogP contribution in [0.1, 0.15) is 99.3 Å². The molecular formula is C29H56N6O8. The zero-order valence-electron chi connectivity index (χ0n) is 27.1. The van der Waals surface area contributed by atoms with E-state index in [1.54, 1.807) is 41.5 Å². The van der Waals surface area contributed by atoms with Gasteiger partial charge in [0.25, 0.3) is 0 Å². The highest BCUT2D eigenvalue weighted by Gasteiger charge is 2.30. The summed E-state index contributed by atoms with van der Waals surface area (Å²) in [6.45, 7) is 11.6. The fraction of sp³-hybridized carbons (Fsp3) is 0.828. The van der Waals surface area contributed by atoms with Gasteiger partial charge in [0.2, 0.25) is 11.8 Å². The van der Waals surface area contributed by atoms with Gasteiger partial charge in [-0.2, -0.15) is 0 Å². The molecule has 4 amide bonds. The Morgan fingerprint density at radius 3 is 1.49 bits per heavy atom. The summed E-state index contributed by atoms with van der Waals surface area (Å²) in [4.78, 5) is 63.5. The molecule has 250 valence electrons. The summed E-state index contributed by atoms with van der Waals surface area (Å²) in [5.74, 6) is -1.76. The van der Waals surface area contributed by atoms with E-state index in [0.717, 1.165) is 0 Å². The van der Waals surface area contributed by atoms with E-state index in [4.69, 9.17) is 25.7 Å². The zero-order chi connectivity index (χ0) is 33.1. The first-order valence-electron chi connectivity index (χ1n) is 15.1. The van der Waals surface area contributed by atoms with Crippen molar-refractivity contribution < 1.29 is 38.2 Å². The normalized spacial score (nSPS) is 13.6. The fourth-order valence-electron chi connectivity index (χ4n) is 3.89. The third-order valence-electron chi connectivity index (χ3n) is 5.92. The van der Waals surface area contributed by atoms with Crippen molar-refractivity contribution in [2.45, 2.75) is 129 Å². The summed E-state index contributed by atoms with van der Waals surface area (Å²) in [5.41, 5.74) is 9.76. The van der Waals surface area contributed by atoms with Gasteiger partial charge in [-0.25, -0.2) is 14.4 Å². The minimum atomic E-state index is -1.03. The van der Waals surface area contributed by atoms with Crippen molar-refractivity contribution in [2.75, 3.05) is 26.7 Å². The fourth-order valence-corrected chi connectivity index (χ4v) is 3.89. The Balaban J connectivity index is 5.66. The minimum Gasteiger partial charge on any atom is -0.467 e. The van der Waals surface area contributed by atoms with Gasteiger partial charge < -0.3 is 46.9 Å². The van der Waals surface area contributed by atoms with Gasteiger partial charge in [0.15, 0.2) is 0 Å². The van der Waals surface area contributed by atoms with Gasteiger partial charge in [0, 0.05) is 6.54 Å². The lowest BCUT2D eigenvalue weighted by Crippen LogP contribution is -2.56. The second-order valence-electron chi connectivity index (χ2n) is 12.3. The summed E-state index contributed by atoms with van der Waals surface area (Å²) in [6.07, 6.45) is 2.86. The first-order valence-corrected chi connectivity index (χ1v) is 15.1. The quantitative estimate of drug-likeness (QED) is 0.0705. The van der Waals surface area contributed by atoms with Gasteiger partial charge in [-0.05, 0) is 112 Å². The van der Waals surface area contributed by atoms with Crippen molar-refractivity contribution in [1.82, 2.24) is 21.3 Å². The molecule has 0 radical (unpaired) electrons. The SMILES string of the molecule is COC(=O)[C@H](CCCCN)NC(=O)[C@H](CCCCNC(=O)OC(C)(C)C)NC(=O)[C@H](CCCCN)NC(=O)OC(C)(C)C. The lowest BCUT2D eigenvalue weighted by molar-refractivity contribution is -0.145. The van der Waals surface area contributed by atoms with Crippen LogP contribution in [0.5, 0.6) is 0 Å². The molecule has 0 spiro atoms. The molecule has 0 fully saturated rings. The van der Waals surface area contributed by atoms with Crippen LogP contribution in [0.3, 0.4) is 0 Å². The number of nitrogens with one attached hydrogen (secondary N) is 4. The number of hydrogen-bond donors (Lipinski definition) is 6. The predicted octanol–water partition coefficient (Wildman–Crippen LogP) is 1.98. The maximum Gasteiger partial charge on any atom is 0.408 e. The Morgan fingerprint density at radius 2 is 1.02 bits per heavy atom. The van der Waals surface area contributed by atoms with Crippen LogP contribution in [0, 0.1) is 0 Å². The molecule has 14 nitrogen and oxygen atoms in total. The van der Waals surface area contributed by atoms with Crippen LogP contribution in [0.4, 0.5) is 9.59 Å². The van der Waals surface area contributed by atoms with Crippen molar-refractivity contribution >= 4 is 30.0 Å². The molecule has 0 heterocycles. The molecule has 0 aliphatic rings. The number of esters is 1. The minimum absolute atomic E-state index is 0.201. The number of carbonyl (C=O) groups is 5. The number of amides is 4. The second kappa shape index (κ2) is 20.7. The van der Waals surface area contributed by atoms with Gasteiger partial charge in [-0.3, -0.25) is 9.59 Å². The Kier molecular flexibility index (Phi) is 19.2. The van der Waals surface area contributed by atoms with Crippen molar-refractivity contribution in [3.05, 3.63) is 0 Å². The van der Waals surface area contributed by atoms with E-state index >= 15 is 0 Å². The molecule has 14 heteroatoms. The average molecular weight is 617 g/mol. The predicted molar refractivity (Wildman–Crippen MR) is 163 cm³/mol. The largest absolute Gasteiger partial charge is 0.467 e. The highest BCUT2D eigenvalue weighted by atomic mass is 16.6. The van der Waals surface area contributed by atoms with Gasteiger partial charge >= 0.3 is 18.2 Å². The van der Waals surface area contributed by atoms with E-state index in [1.165, 1.54) is 7.11 Å². The average Bonchev–Trinajstić information content (AvgIpc) is 2.88. The van der Waals surface area contributed by atoms with E-state index < -0.39 is 59.3 Å². The molecule has 0 aromatic heterocycles. The number of methoxy groups -OCH3 is 1. The third-order valence-corrected chi connectivity index (χ3v) is 5.92. The van der Waals surface area contributed by atoms with Crippen LogP contribution in [0.2, 0.25) is 0 Å². The second-order valence-corrected chi connectivity index (χ2v) is 12.3. The van der Waals surface area contributed by atoms with Gasteiger partial charge in [-0.15, -0.1) is 0 Å². The molecule has 0 aliphatic carbocycles. The standard InChI is InChI=1S/C29H56N6O8/c1-28(2,3)42-26(39)32-19-13-10-15-20(23(36)34-22(25(38)41-7)16-9-12-18-31)33-24(37)21(14-8-11-17-30)35-27(40)43-29(4,5)6/h20-22H,8-19,30-31H2,1-7H3,(H,32,39)(H,33,37)(H,34,36)(H,35,40)/t20-,21-,22-/m0/s1. The molecule has 0 bridgehead atoms. The van der Waals surface area contributed by atoms with Crippen LogP contribution < -0.4 is 32.7 Å². The van der Waals surface area contributed by atoms with Crippen molar-refractivity contribution in [3.63, 3.8) is 0 Å². The zero-order valence-corrected chi connectivity index (χ0v) is 27.1. The number of rotatable bonds is 19. The number of hydrogen-bond acceptors (Lipinski definition) is 10. The first-order chi connectivity index (χ1) is 20.0. The summed E-state index contributed by atoms with van der Waals surface area (Å²) in [5, 5.41) is 10.7. The summed E-state index contributed by atoms with van der Waals surface area (Å²) in [7, 11) is 1.23. The smallest absolute Gasteiger partial charge is 0.408 e.